The summed E-state index contributed by atoms with van der Waals surface area (Å²) in [6.07, 6.45) is 4.83. The molecule has 3 aromatic rings. The highest BCUT2D eigenvalue weighted by Crippen LogP contribution is 2.36. The van der Waals surface area contributed by atoms with Crippen molar-refractivity contribution in [1.29, 1.82) is 0 Å². The van der Waals surface area contributed by atoms with Crippen molar-refractivity contribution >= 4 is 45.6 Å². The molecule has 0 amide bonds. The highest BCUT2D eigenvalue weighted by molar-refractivity contribution is 6.42. The van der Waals surface area contributed by atoms with Crippen LogP contribution in [-0.4, -0.2) is 49.2 Å². The van der Waals surface area contributed by atoms with Crippen molar-refractivity contribution < 1.29 is 13.9 Å². The second kappa shape index (κ2) is 11.7. The molecule has 0 bridgehead atoms. The average molecular weight is 495 g/mol. The van der Waals surface area contributed by atoms with Gasteiger partial charge >= 0.3 is 0 Å². The van der Waals surface area contributed by atoms with E-state index in [2.05, 4.69) is 41.2 Å². The van der Waals surface area contributed by atoms with Gasteiger partial charge in [0.05, 0.1) is 35.0 Å². The maximum atomic E-state index is 14.5. The minimum Gasteiger partial charge on any atom is -0.493 e. The highest BCUT2D eigenvalue weighted by Gasteiger charge is 2.16. The number of nitrogens with zero attached hydrogens (tertiary/aromatic N) is 3. The number of methoxy groups -OCH3 is 1. The van der Waals surface area contributed by atoms with Crippen LogP contribution in [0.5, 0.6) is 11.5 Å². The summed E-state index contributed by atoms with van der Waals surface area (Å²) in [6, 6.07) is 6.62. The molecule has 1 aromatic heterocycles. The summed E-state index contributed by atoms with van der Waals surface area (Å²) in [5.41, 5.74) is 0.800. The van der Waals surface area contributed by atoms with Gasteiger partial charge in [0.1, 0.15) is 12.1 Å². The number of rotatable bonds is 11. The van der Waals surface area contributed by atoms with Crippen LogP contribution in [0.25, 0.3) is 10.9 Å². The minimum absolute atomic E-state index is 0.141. The molecule has 3 rings (SSSR count). The number of halogens is 3. The van der Waals surface area contributed by atoms with Crippen LogP contribution in [0.4, 0.5) is 15.9 Å². The van der Waals surface area contributed by atoms with E-state index < -0.39 is 5.82 Å². The van der Waals surface area contributed by atoms with Gasteiger partial charge in [-0.3, -0.25) is 0 Å². The van der Waals surface area contributed by atoms with Crippen molar-refractivity contribution in [2.24, 2.45) is 5.92 Å². The lowest BCUT2D eigenvalue weighted by Gasteiger charge is -2.17. The topological polar surface area (TPSA) is 59.5 Å². The third-order valence-corrected chi connectivity index (χ3v) is 6.07. The first-order valence-corrected chi connectivity index (χ1v) is 11.6. The molecular formula is C24H29Cl2FN4O2. The number of hydrogen-bond donors (Lipinski definition) is 1. The molecule has 0 aliphatic carbocycles. The number of fused-ring (bicyclic) bond motifs is 1. The van der Waals surface area contributed by atoms with Gasteiger partial charge in [0.25, 0.3) is 0 Å². The van der Waals surface area contributed by atoms with Gasteiger partial charge in [0.15, 0.2) is 17.3 Å². The van der Waals surface area contributed by atoms with Crippen LogP contribution in [0.1, 0.15) is 26.2 Å². The van der Waals surface area contributed by atoms with Gasteiger partial charge in [-0.05, 0) is 57.6 Å². The minimum atomic E-state index is -0.651. The van der Waals surface area contributed by atoms with Gasteiger partial charge in [-0.15, -0.1) is 0 Å². The number of ether oxygens (including phenoxy) is 2. The summed E-state index contributed by atoms with van der Waals surface area (Å²) in [5, 5.41) is 3.62. The van der Waals surface area contributed by atoms with Gasteiger partial charge in [-0.2, -0.15) is 0 Å². The molecule has 178 valence electrons. The van der Waals surface area contributed by atoms with E-state index in [1.54, 1.807) is 13.2 Å². The lowest BCUT2D eigenvalue weighted by atomic mass is 10.1. The molecule has 0 radical (unpaired) electrons. The van der Waals surface area contributed by atoms with E-state index >= 15 is 0 Å². The average Bonchev–Trinajstić information content (AvgIpc) is 2.80. The first kappa shape index (κ1) is 25.3. The largest absolute Gasteiger partial charge is 0.493 e. The third-order valence-electron chi connectivity index (χ3n) is 5.28. The zero-order valence-corrected chi connectivity index (χ0v) is 20.8. The SMILES string of the molecule is COc1cc2c(Nc3ccc(Cl)c(Cl)c3F)ncnc2cc1OC[C@H](C)CCCCN(C)C. The maximum absolute atomic E-state index is 14.5. The number of benzene rings is 2. The highest BCUT2D eigenvalue weighted by atomic mass is 35.5. The first-order chi connectivity index (χ1) is 15.8. The van der Waals surface area contributed by atoms with E-state index in [-0.39, 0.29) is 15.7 Å². The summed E-state index contributed by atoms with van der Waals surface area (Å²) in [6.45, 7) is 3.85. The van der Waals surface area contributed by atoms with Gasteiger partial charge < -0.3 is 19.7 Å². The molecule has 2 aromatic carbocycles. The Morgan fingerprint density at radius 3 is 2.64 bits per heavy atom. The van der Waals surface area contributed by atoms with E-state index in [0.29, 0.717) is 40.7 Å². The van der Waals surface area contributed by atoms with Gasteiger partial charge in [-0.25, -0.2) is 14.4 Å². The van der Waals surface area contributed by atoms with Gasteiger partial charge in [0, 0.05) is 11.5 Å². The summed E-state index contributed by atoms with van der Waals surface area (Å²) >= 11 is 11.8. The fourth-order valence-corrected chi connectivity index (χ4v) is 3.73. The smallest absolute Gasteiger partial charge is 0.166 e. The zero-order chi connectivity index (χ0) is 24.0. The first-order valence-electron chi connectivity index (χ1n) is 10.8. The summed E-state index contributed by atoms with van der Waals surface area (Å²) in [5.74, 6) is 1.33. The zero-order valence-electron chi connectivity index (χ0n) is 19.3. The van der Waals surface area contributed by atoms with Crippen LogP contribution in [0.15, 0.2) is 30.6 Å². The molecule has 1 heterocycles. The van der Waals surface area contributed by atoms with Gasteiger partial charge in [0.2, 0.25) is 0 Å². The van der Waals surface area contributed by atoms with Crippen molar-refractivity contribution in [2.45, 2.75) is 26.2 Å². The molecule has 1 N–H and O–H groups in total. The van der Waals surface area contributed by atoms with Crippen LogP contribution >= 0.6 is 23.2 Å². The number of unbranched alkanes of at least 4 members (excludes halogenated alkanes) is 1. The Balaban J connectivity index is 1.76. The van der Waals surface area contributed by atoms with Gasteiger partial charge in [-0.1, -0.05) is 36.5 Å². The fraction of sp³-hybridized carbons (Fsp3) is 0.417. The van der Waals surface area contributed by atoms with Crippen LogP contribution in [-0.2, 0) is 0 Å². The van der Waals surface area contributed by atoms with Crippen molar-refractivity contribution in [3.8, 4) is 11.5 Å². The van der Waals surface area contributed by atoms with E-state index in [0.717, 1.165) is 19.4 Å². The van der Waals surface area contributed by atoms with Crippen LogP contribution in [0, 0.1) is 11.7 Å². The monoisotopic (exact) mass is 494 g/mol. The van der Waals surface area contributed by atoms with Crippen LogP contribution in [0.3, 0.4) is 0 Å². The molecular weight excluding hydrogens is 466 g/mol. The Morgan fingerprint density at radius 2 is 1.91 bits per heavy atom. The van der Waals surface area contributed by atoms with Crippen molar-refractivity contribution in [3.05, 3.63) is 46.5 Å². The standard InChI is InChI=1S/C24H29Cl2FN4O2/c1-15(7-5-6-10-31(2)3)13-33-21-12-19-16(11-20(21)32-4)24(29-14-28-19)30-18-9-8-17(25)22(26)23(18)27/h8-9,11-12,14-15H,5-7,10,13H2,1-4H3,(H,28,29,30)/t15-/m1/s1. The second-order valence-electron chi connectivity index (χ2n) is 8.31. The molecule has 0 unspecified atom stereocenters. The lowest BCUT2D eigenvalue weighted by Crippen LogP contribution is -2.14. The Kier molecular flexibility index (Phi) is 8.95. The van der Waals surface area contributed by atoms with E-state index in [1.807, 2.05) is 6.07 Å². The van der Waals surface area contributed by atoms with Crippen molar-refractivity contribution in [1.82, 2.24) is 14.9 Å². The quantitative estimate of drug-likeness (QED) is 0.240. The number of aromatic nitrogens is 2. The lowest BCUT2D eigenvalue weighted by molar-refractivity contribution is 0.237. The Hall–Kier alpha value is -2.35. The summed E-state index contributed by atoms with van der Waals surface area (Å²) < 4.78 is 26.1. The van der Waals surface area contributed by atoms with Crippen LogP contribution < -0.4 is 14.8 Å². The second-order valence-corrected chi connectivity index (χ2v) is 9.09. The van der Waals surface area contributed by atoms with Crippen molar-refractivity contribution in [3.63, 3.8) is 0 Å². The Morgan fingerprint density at radius 1 is 1.12 bits per heavy atom. The molecule has 0 fully saturated rings. The van der Waals surface area contributed by atoms with E-state index in [9.17, 15) is 4.39 Å². The molecule has 33 heavy (non-hydrogen) atoms. The molecule has 6 nitrogen and oxygen atoms in total. The predicted molar refractivity (Wildman–Crippen MR) is 133 cm³/mol. The van der Waals surface area contributed by atoms with Crippen molar-refractivity contribution in [2.75, 3.05) is 39.7 Å². The molecule has 1 atom stereocenters. The third kappa shape index (κ3) is 6.59. The molecule has 9 heteroatoms. The molecule has 0 spiro atoms. The van der Waals surface area contributed by atoms with E-state index in [4.69, 9.17) is 32.7 Å². The summed E-state index contributed by atoms with van der Waals surface area (Å²) in [7, 11) is 5.75. The maximum Gasteiger partial charge on any atom is 0.166 e. The molecule has 0 saturated carbocycles. The normalized spacial score (nSPS) is 12.2. The Labute approximate surface area is 204 Å². The number of hydrogen-bond acceptors (Lipinski definition) is 6. The molecule has 0 saturated heterocycles. The molecule has 0 aliphatic rings. The van der Waals surface area contributed by atoms with E-state index in [1.165, 1.54) is 24.9 Å². The molecule has 0 aliphatic heterocycles. The fourth-order valence-electron chi connectivity index (χ4n) is 3.42. The van der Waals surface area contributed by atoms with Crippen LogP contribution in [0.2, 0.25) is 10.0 Å². The number of nitrogens with one attached hydrogen (secondary N) is 1. The summed E-state index contributed by atoms with van der Waals surface area (Å²) in [4.78, 5) is 10.8. The number of anilines is 2. The Bertz CT molecular complexity index is 1100. The predicted octanol–water partition coefficient (Wildman–Crippen LogP) is 6.57.